The Kier molecular flexibility index (Phi) is 6.07. The highest BCUT2D eigenvalue weighted by atomic mass is 32.1. The van der Waals surface area contributed by atoms with Crippen molar-refractivity contribution < 1.29 is 28.6 Å². The van der Waals surface area contributed by atoms with E-state index in [2.05, 4.69) is 16.5 Å². The van der Waals surface area contributed by atoms with Gasteiger partial charge in [0.15, 0.2) is 17.7 Å². The average Bonchev–Trinajstić information content (AvgIpc) is 3.12. The Bertz CT molecular complexity index is 1240. The summed E-state index contributed by atoms with van der Waals surface area (Å²) in [6, 6.07) is 0. The van der Waals surface area contributed by atoms with E-state index in [0.717, 1.165) is 4.57 Å². The molecule has 1 fully saturated rings. The van der Waals surface area contributed by atoms with E-state index in [-0.39, 0.29) is 28.5 Å². The Morgan fingerprint density at radius 3 is 2.50 bits per heavy atom. The molecule has 32 heavy (non-hydrogen) atoms. The van der Waals surface area contributed by atoms with Gasteiger partial charge in [-0.25, -0.2) is 0 Å². The van der Waals surface area contributed by atoms with Gasteiger partial charge in [-0.05, 0) is 19.4 Å². The van der Waals surface area contributed by atoms with E-state index in [9.17, 15) is 24.0 Å². The number of hydrogen-bond acceptors (Lipinski definition) is 11. The van der Waals surface area contributed by atoms with Crippen molar-refractivity contribution in [2.75, 3.05) is 12.3 Å². The van der Waals surface area contributed by atoms with Gasteiger partial charge in [-0.15, -0.1) is 0 Å². The van der Waals surface area contributed by atoms with E-state index in [1.165, 1.54) is 27.7 Å². The molecule has 12 nitrogen and oxygen atoms in total. The third-order valence-corrected chi connectivity index (χ3v) is 6.16. The van der Waals surface area contributed by atoms with Gasteiger partial charge in [0.25, 0.3) is 5.56 Å². The van der Waals surface area contributed by atoms with Crippen molar-refractivity contribution in [3.63, 3.8) is 0 Å². The first kappa shape index (κ1) is 23.3. The number of aromatic nitrogens is 3. The summed E-state index contributed by atoms with van der Waals surface area (Å²) in [4.78, 5) is 66.5. The smallest absolute Gasteiger partial charge is 0.311 e. The molecule has 0 radical (unpaired) electrons. The average molecular weight is 466 g/mol. The Hall–Kier alpha value is -3.32. The number of H-pyrrole nitrogens is 1. The Labute approximate surface area is 185 Å². The molecule has 2 aromatic heterocycles. The molecule has 0 unspecified atom stereocenters. The number of nitrogen functional groups attached to an aromatic ring is 1. The van der Waals surface area contributed by atoms with Crippen LogP contribution in [0.5, 0.6) is 0 Å². The number of thiazole rings is 1. The molecule has 0 bridgehead atoms. The van der Waals surface area contributed by atoms with E-state index in [0.29, 0.717) is 11.3 Å². The van der Waals surface area contributed by atoms with Gasteiger partial charge in [0, 0.05) is 13.8 Å². The van der Waals surface area contributed by atoms with Crippen LogP contribution in [0.4, 0.5) is 5.95 Å². The second-order valence-corrected chi connectivity index (χ2v) is 8.46. The van der Waals surface area contributed by atoms with Gasteiger partial charge in [0.05, 0.1) is 5.92 Å². The summed E-state index contributed by atoms with van der Waals surface area (Å²) in [7, 11) is 0. The van der Waals surface area contributed by atoms with E-state index in [1.54, 1.807) is 0 Å². The number of nitrogens with one attached hydrogen (secondary N) is 1. The standard InChI is InChI=1S/C19H22N4O8S/c1-7(8(2)24)12-16(23-14-13(32-18(23)28)15(27)22-17(20)21-14)30-11(6-29-9(3)25)19(12,5)31-10(4)26/h11-12,16H,1,6H2,2-5H3,(H3,20,21,22,27)/t11-,12+,16-,19+/m1/s1. The van der Waals surface area contributed by atoms with Gasteiger partial charge in [-0.2, -0.15) is 4.98 Å². The van der Waals surface area contributed by atoms with Gasteiger partial charge in [-0.1, -0.05) is 17.9 Å². The molecule has 172 valence electrons. The van der Waals surface area contributed by atoms with Crippen molar-refractivity contribution in [1.29, 1.82) is 0 Å². The number of fused-ring (bicyclic) bond motifs is 1. The number of aromatic amines is 1. The summed E-state index contributed by atoms with van der Waals surface area (Å²) in [6.45, 7) is 8.61. The van der Waals surface area contributed by atoms with Crippen molar-refractivity contribution in [1.82, 2.24) is 14.5 Å². The zero-order valence-corrected chi connectivity index (χ0v) is 18.6. The van der Waals surface area contributed by atoms with E-state index >= 15 is 0 Å². The van der Waals surface area contributed by atoms with Gasteiger partial charge >= 0.3 is 16.8 Å². The van der Waals surface area contributed by atoms with Crippen molar-refractivity contribution in [3.8, 4) is 0 Å². The molecule has 1 aliphatic heterocycles. The Balaban J connectivity index is 2.26. The molecule has 0 spiro atoms. The van der Waals surface area contributed by atoms with Gasteiger partial charge in [-0.3, -0.25) is 33.5 Å². The molecule has 3 N–H and O–H groups in total. The molecule has 4 atom stereocenters. The number of carbonyl (C=O) groups excluding carboxylic acids is 3. The largest absolute Gasteiger partial charge is 0.463 e. The summed E-state index contributed by atoms with van der Waals surface area (Å²) in [5.41, 5.74) is 3.43. The molecular formula is C19H22N4O8S. The summed E-state index contributed by atoms with van der Waals surface area (Å²) >= 11 is 0.614. The molecule has 0 saturated carbocycles. The molecule has 3 heterocycles. The van der Waals surface area contributed by atoms with Crippen molar-refractivity contribution in [2.24, 2.45) is 5.92 Å². The van der Waals surface area contributed by atoms with E-state index in [1.807, 2.05) is 0 Å². The lowest BCUT2D eigenvalue weighted by Crippen LogP contribution is -2.48. The fourth-order valence-corrected chi connectivity index (χ4v) is 4.66. The highest BCUT2D eigenvalue weighted by molar-refractivity contribution is 7.16. The summed E-state index contributed by atoms with van der Waals surface area (Å²) < 4.78 is 17.7. The first-order chi connectivity index (χ1) is 14.9. The van der Waals surface area contributed by atoms with Crippen molar-refractivity contribution in [2.45, 2.75) is 45.6 Å². The normalized spacial score (nSPS) is 24.9. The van der Waals surface area contributed by atoms with Gasteiger partial charge < -0.3 is 19.9 Å². The quantitative estimate of drug-likeness (QED) is 0.444. The highest BCUT2D eigenvalue weighted by Gasteiger charge is 2.59. The summed E-state index contributed by atoms with van der Waals surface area (Å²) in [6.07, 6.45) is -2.33. The Morgan fingerprint density at radius 1 is 1.28 bits per heavy atom. The first-order valence-corrected chi connectivity index (χ1v) is 10.3. The second-order valence-electron chi connectivity index (χ2n) is 7.50. The first-order valence-electron chi connectivity index (χ1n) is 9.45. The highest BCUT2D eigenvalue weighted by Crippen LogP contribution is 2.48. The molecule has 0 aliphatic carbocycles. The predicted molar refractivity (Wildman–Crippen MR) is 113 cm³/mol. The topological polar surface area (TPSA) is 173 Å². The lowest BCUT2D eigenvalue weighted by atomic mass is 9.79. The fraction of sp³-hybridized carbons (Fsp3) is 0.474. The van der Waals surface area contributed by atoms with Crippen LogP contribution in [-0.4, -0.2) is 50.6 Å². The third kappa shape index (κ3) is 3.96. The maximum absolute atomic E-state index is 12.9. The van der Waals surface area contributed by atoms with E-state index in [4.69, 9.17) is 19.9 Å². The molecule has 13 heteroatoms. The van der Waals surface area contributed by atoms with Crippen molar-refractivity contribution in [3.05, 3.63) is 32.2 Å². The Morgan fingerprint density at radius 2 is 1.94 bits per heavy atom. The minimum atomic E-state index is -1.55. The summed E-state index contributed by atoms with van der Waals surface area (Å²) in [5.74, 6) is -3.03. The molecule has 0 aromatic carbocycles. The molecular weight excluding hydrogens is 444 g/mol. The van der Waals surface area contributed by atoms with Crippen LogP contribution < -0.4 is 16.2 Å². The third-order valence-electron chi connectivity index (χ3n) is 5.22. The number of esters is 2. The number of anilines is 1. The number of rotatable bonds is 6. The van der Waals surface area contributed by atoms with Crippen LogP contribution in [0, 0.1) is 5.92 Å². The van der Waals surface area contributed by atoms with Crippen LogP contribution in [-0.2, 0) is 28.6 Å². The summed E-state index contributed by atoms with van der Waals surface area (Å²) in [5, 5.41) is 0. The lowest BCUT2D eigenvalue weighted by Gasteiger charge is -2.34. The molecule has 2 aromatic rings. The predicted octanol–water partition coefficient (Wildman–Crippen LogP) is 0.272. The zero-order chi connectivity index (χ0) is 24.0. The number of carbonyl (C=O) groups is 3. The number of nitrogens with two attached hydrogens (primary N) is 1. The monoisotopic (exact) mass is 466 g/mol. The lowest BCUT2D eigenvalue weighted by molar-refractivity contribution is -0.170. The fourth-order valence-electron chi connectivity index (χ4n) is 3.82. The van der Waals surface area contributed by atoms with Crippen LogP contribution in [0.1, 0.15) is 33.9 Å². The maximum Gasteiger partial charge on any atom is 0.311 e. The number of hydrogen-bond donors (Lipinski definition) is 2. The van der Waals surface area contributed by atoms with Gasteiger partial charge in [0.2, 0.25) is 5.95 Å². The van der Waals surface area contributed by atoms with E-state index < -0.39 is 52.0 Å². The number of Topliss-reactive ketones (excluding diaryl/α,β-unsaturated/α-hetero) is 1. The van der Waals surface area contributed by atoms with Crippen molar-refractivity contribution >= 4 is 45.4 Å². The maximum atomic E-state index is 12.9. The van der Waals surface area contributed by atoms with Crippen LogP contribution in [0.2, 0.25) is 0 Å². The molecule has 0 amide bonds. The molecule has 3 rings (SSSR count). The van der Waals surface area contributed by atoms with Crippen LogP contribution in [0.15, 0.2) is 21.7 Å². The number of nitrogens with zero attached hydrogens (tertiary/aromatic N) is 2. The van der Waals surface area contributed by atoms with Gasteiger partial charge in [0.1, 0.15) is 23.0 Å². The minimum Gasteiger partial charge on any atom is -0.463 e. The van der Waals surface area contributed by atoms with Crippen LogP contribution in [0.25, 0.3) is 10.3 Å². The second kappa shape index (κ2) is 8.31. The number of ether oxygens (including phenoxy) is 3. The minimum absolute atomic E-state index is 0.00221. The van der Waals surface area contributed by atoms with Crippen LogP contribution in [0.3, 0.4) is 0 Å². The zero-order valence-electron chi connectivity index (χ0n) is 17.8. The number of ketones is 1. The van der Waals surface area contributed by atoms with Crippen LogP contribution >= 0.6 is 11.3 Å². The SMILES string of the molecule is C=C(C(C)=O)[C@H]1[C@H](n2c(=O)sc3c(=O)[nH]c(N)nc32)O[C@H](COC(C)=O)[C@]1(C)OC(C)=O. The molecule has 1 saturated heterocycles. The molecule has 1 aliphatic rings.